The van der Waals surface area contributed by atoms with Gasteiger partial charge in [0.15, 0.2) is 5.82 Å². The first-order chi connectivity index (χ1) is 15.9. The van der Waals surface area contributed by atoms with Crippen molar-refractivity contribution in [1.29, 1.82) is 0 Å². The molecule has 1 aliphatic rings. The summed E-state index contributed by atoms with van der Waals surface area (Å²) in [6.45, 7) is 0. The van der Waals surface area contributed by atoms with Crippen molar-refractivity contribution in [3.05, 3.63) is 35.7 Å². The highest BCUT2D eigenvalue weighted by atomic mass is 32.2. The predicted molar refractivity (Wildman–Crippen MR) is 128 cm³/mol. The summed E-state index contributed by atoms with van der Waals surface area (Å²) in [6, 6.07) is 9.05. The number of nitrogens with one attached hydrogen (secondary N) is 1. The Morgan fingerprint density at radius 1 is 1.15 bits per heavy atom. The number of nitrogens with zero attached hydrogens (tertiary/aromatic N) is 3. The van der Waals surface area contributed by atoms with E-state index in [1.165, 1.54) is 25.6 Å². The number of aliphatic hydroxyl groups is 1. The van der Waals surface area contributed by atoms with E-state index in [9.17, 15) is 13.5 Å². The molecule has 178 valence electrons. The number of para-hydroxylation sites is 1. The maximum Gasteiger partial charge on any atom is 0.243 e. The second-order valence-electron chi connectivity index (χ2n) is 7.99. The third kappa shape index (κ3) is 5.15. The molecular weight excluding hydrogens is 464 g/mol. The number of benzene rings is 1. The minimum Gasteiger partial charge on any atom is -0.494 e. The predicted octanol–water partition coefficient (Wildman–Crippen LogP) is 3.70. The number of hydrogen-bond donors (Lipinski definition) is 2. The lowest BCUT2D eigenvalue weighted by atomic mass is 9.99. The van der Waals surface area contributed by atoms with Crippen molar-refractivity contribution in [3.8, 4) is 27.9 Å². The van der Waals surface area contributed by atoms with Crippen LogP contribution in [0.3, 0.4) is 0 Å². The summed E-state index contributed by atoms with van der Waals surface area (Å²) in [4.78, 5) is 0.803. The fourth-order valence-electron chi connectivity index (χ4n) is 4.22. The van der Waals surface area contributed by atoms with Crippen LogP contribution in [0.15, 0.2) is 35.7 Å². The first kappa shape index (κ1) is 23.5. The zero-order valence-corrected chi connectivity index (χ0v) is 20.2. The van der Waals surface area contributed by atoms with Gasteiger partial charge in [-0.2, -0.15) is 0 Å². The van der Waals surface area contributed by atoms with E-state index in [0.717, 1.165) is 30.6 Å². The van der Waals surface area contributed by atoms with Crippen molar-refractivity contribution in [2.45, 2.75) is 38.2 Å². The van der Waals surface area contributed by atoms with Gasteiger partial charge in [0, 0.05) is 0 Å². The molecule has 33 heavy (non-hydrogen) atoms. The molecule has 9 nitrogen and oxygen atoms in total. The number of sulfonamides is 1. The van der Waals surface area contributed by atoms with Crippen LogP contribution in [0, 0.1) is 5.92 Å². The van der Waals surface area contributed by atoms with Crippen molar-refractivity contribution in [3.63, 3.8) is 0 Å². The van der Waals surface area contributed by atoms with E-state index in [4.69, 9.17) is 9.47 Å². The molecule has 1 fully saturated rings. The first-order valence-corrected chi connectivity index (χ1v) is 13.4. The standard InChI is InChI=1S/C22H28N4O5S2/c1-30-17-9-5-10-18(31-2)20(17)26-21(19-11-6-13-32-19)23-24-22(26)25-33(28,29)14-12-16(27)15-7-3-4-8-15/h5-6,9-11,13,15-16,27H,3-4,7-8,12,14H2,1-2H3,(H,24,25). The van der Waals surface area contributed by atoms with Crippen LogP contribution < -0.4 is 14.2 Å². The number of hydrogen-bond acceptors (Lipinski definition) is 8. The average molecular weight is 493 g/mol. The highest BCUT2D eigenvalue weighted by molar-refractivity contribution is 7.92. The summed E-state index contributed by atoms with van der Waals surface area (Å²) < 4.78 is 41.1. The largest absolute Gasteiger partial charge is 0.494 e. The molecule has 0 radical (unpaired) electrons. The van der Waals surface area contributed by atoms with Crippen LogP contribution >= 0.6 is 11.3 Å². The molecule has 0 bridgehead atoms. The van der Waals surface area contributed by atoms with Gasteiger partial charge in [-0.3, -0.25) is 9.29 Å². The number of aromatic nitrogens is 3. The van der Waals surface area contributed by atoms with E-state index >= 15 is 0 Å². The zero-order valence-electron chi connectivity index (χ0n) is 18.6. The van der Waals surface area contributed by atoms with Gasteiger partial charge in [-0.25, -0.2) is 8.42 Å². The summed E-state index contributed by atoms with van der Waals surface area (Å²) in [5.74, 6) is 1.39. The van der Waals surface area contributed by atoms with Gasteiger partial charge in [-0.1, -0.05) is 25.0 Å². The minimum atomic E-state index is -3.80. The number of anilines is 1. The Bertz CT molecular complexity index is 1150. The lowest BCUT2D eigenvalue weighted by molar-refractivity contribution is 0.107. The van der Waals surface area contributed by atoms with Crippen molar-refractivity contribution in [1.82, 2.24) is 14.8 Å². The molecule has 0 amide bonds. The van der Waals surface area contributed by atoms with E-state index in [1.807, 2.05) is 17.5 Å². The molecule has 0 saturated heterocycles. The van der Waals surface area contributed by atoms with Gasteiger partial charge >= 0.3 is 0 Å². The van der Waals surface area contributed by atoms with Crippen LogP contribution in [0.1, 0.15) is 32.1 Å². The summed E-state index contributed by atoms with van der Waals surface area (Å²) in [5.41, 5.74) is 0.486. The molecule has 0 spiro atoms. The quantitative estimate of drug-likeness (QED) is 0.443. The number of rotatable bonds is 10. The Hall–Kier alpha value is -2.63. The van der Waals surface area contributed by atoms with E-state index < -0.39 is 16.1 Å². The Kier molecular flexibility index (Phi) is 7.20. The third-order valence-electron chi connectivity index (χ3n) is 5.90. The molecule has 1 atom stereocenters. The van der Waals surface area contributed by atoms with Crippen LogP contribution in [0.25, 0.3) is 16.4 Å². The second kappa shape index (κ2) is 10.1. The average Bonchev–Trinajstić information content (AvgIpc) is 3.58. The van der Waals surface area contributed by atoms with Crippen LogP contribution in [0.2, 0.25) is 0 Å². The van der Waals surface area contributed by atoms with Gasteiger partial charge in [-0.05, 0) is 48.8 Å². The van der Waals surface area contributed by atoms with Gasteiger partial charge in [0.25, 0.3) is 0 Å². The van der Waals surface area contributed by atoms with Crippen molar-refractivity contribution in [2.75, 3.05) is 24.7 Å². The summed E-state index contributed by atoms with van der Waals surface area (Å²) in [7, 11) is -0.737. The van der Waals surface area contributed by atoms with Crippen LogP contribution in [-0.2, 0) is 10.0 Å². The zero-order chi connectivity index (χ0) is 23.4. The van der Waals surface area contributed by atoms with Gasteiger partial charge in [0.2, 0.25) is 16.0 Å². The molecule has 1 saturated carbocycles. The molecule has 2 aromatic heterocycles. The number of aliphatic hydroxyl groups excluding tert-OH is 1. The smallest absolute Gasteiger partial charge is 0.243 e. The third-order valence-corrected chi connectivity index (χ3v) is 8.04. The van der Waals surface area contributed by atoms with E-state index in [2.05, 4.69) is 14.9 Å². The van der Waals surface area contributed by atoms with Gasteiger partial charge in [-0.15, -0.1) is 21.5 Å². The first-order valence-electron chi connectivity index (χ1n) is 10.8. The fourth-order valence-corrected chi connectivity index (χ4v) is 5.99. The molecule has 4 rings (SSSR count). The Morgan fingerprint density at radius 2 is 1.85 bits per heavy atom. The lowest BCUT2D eigenvalue weighted by Crippen LogP contribution is -2.25. The summed E-state index contributed by atoms with van der Waals surface area (Å²) in [5, 5.41) is 20.7. The van der Waals surface area contributed by atoms with Crippen LogP contribution in [0.5, 0.6) is 11.5 Å². The highest BCUT2D eigenvalue weighted by Gasteiger charge is 2.28. The fraction of sp³-hybridized carbons (Fsp3) is 0.455. The van der Waals surface area contributed by atoms with Gasteiger partial charge in [0.1, 0.15) is 17.2 Å². The normalized spacial score (nSPS) is 15.5. The minimum absolute atomic E-state index is 0.0246. The Morgan fingerprint density at radius 3 is 2.45 bits per heavy atom. The number of ether oxygens (including phenoxy) is 2. The SMILES string of the molecule is COc1cccc(OC)c1-n1c(NS(=O)(=O)CCC(O)C2CCCC2)nnc1-c1cccs1. The maximum absolute atomic E-state index is 12.9. The van der Waals surface area contributed by atoms with Crippen LogP contribution in [0.4, 0.5) is 5.95 Å². The summed E-state index contributed by atoms with van der Waals surface area (Å²) >= 11 is 1.46. The van der Waals surface area contributed by atoms with Gasteiger partial charge < -0.3 is 14.6 Å². The molecule has 3 aromatic rings. The maximum atomic E-state index is 12.9. The van der Waals surface area contributed by atoms with Crippen LogP contribution in [-0.4, -0.2) is 54.4 Å². The molecule has 1 unspecified atom stereocenters. The molecule has 2 N–H and O–H groups in total. The van der Waals surface area contributed by atoms with Gasteiger partial charge in [0.05, 0.1) is 31.0 Å². The van der Waals surface area contributed by atoms with E-state index in [1.54, 1.807) is 22.8 Å². The Labute approximate surface area is 197 Å². The van der Waals surface area contributed by atoms with E-state index in [-0.39, 0.29) is 24.0 Å². The van der Waals surface area contributed by atoms with Crippen molar-refractivity contribution < 1.29 is 23.0 Å². The highest BCUT2D eigenvalue weighted by Crippen LogP contribution is 2.38. The van der Waals surface area contributed by atoms with Crippen molar-refractivity contribution in [2.24, 2.45) is 5.92 Å². The number of thiophene rings is 1. The molecule has 1 aromatic carbocycles. The molecule has 1 aliphatic carbocycles. The van der Waals surface area contributed by atoms with Crippen molar-refractivity contribution >= 4 is 27.3 Å². The molecular formula is C22H28N4O5S2. The Balaban J connectivity index is 1.68. The molecule has 11 heteroatoms. The topological polar surface area (TPSA) is 116 Å². The molecule has 2 heterocycles. The molecule has 0 aliphatic heterocycles. The summed E-state index contributed by atoms with van der Waals surface area (Å²) in [6.07, 6.45) is 3.60. The monoisotopic (exact) mass is 492 g/mol. The number of methoxy groups -OCH3 is 2. The lowest BCUT2D eigenvalue weighted by Gasteiger charge is -2.19. The second-order valence-corrected chi connectivity index (χ2v) is 10.8. The van der Waals surface area contributed by atoms with E-state index in [0.29, 0.717) is 23.0 Å².